The van der Waals surface area contributed by atoms with Crippen LogP contribution in [0.3, 0.4) is 0 Å². The van der Waals surface area contributed by atoms with Crippen molar-refractivity contribution in [3.05, 3.63) is 62.2 Å². The Bertz CT molecular complexity index is 978. The van der Waals surface area contributed by atoms with Crippen LogP contribution in [0.5, 0.6) is 0 Å². The third kappa shape index (κ3) is 5.64. The topological polar surface area (TPSA) is 106 Å². The molecule has 3 N–H and O–H groups in total. The van der Waals surface area contributed by atoms with Crippen LogP contribution in [0.4, 0.5) is 17.1 Å². The molecule has 160 valence electrons. The Balaban J connectivity index is 2.01. The summed E-state index contributed by atoms with van der Waals surface area (Å²) >= 11 is 0. The van der Waals surface area contributed by atoms with Crippen molar-refractivity contribution >= 4 is 28.9 Å². The molecule has 0 fully saturated rings. The average molecular weight is 413 g/mol. The van der Waals surface area contributed by atoms with Gasteiger partial charge in [-0.05, 0) is 56.9 Å². The number of nitro groups is 1. The molecule has 2 amide bonds. The normalized spacial score (nSPS) is 11.7. The number of rotatable bonds is 7. The molecule has 2 aromatic rings. The Morgan fingerprint density at radius 1 is 0.900 bits per heavy atom. The molecule has 0 aromatic heterocycles. The molecule has 0 saturated carbocycles. The molecule has 0 aliphatic rings. The molecule has 2 aromatic carbocycles. The highest BCUT2D eigenvalue weighted by Gasteiger charge is 2.22. The molecule has 0 bridgehead atoms. The minimum atomic E-state index is -0.516. The quantitative estimate of drug-likeness (QED) is 0.478. The number of anilines is 2. The van der Waals surface area contributed by atoms with Crippen LogP contribution in [0.25, 0.3) is 0 Å². The van der Waals surface area contributed by atoms with Gasteiger partial charge in [0, 0.05) is 11.8 Å². The first-order valence-electron chi connectivity index (χ1n) is 9.73. The van der Waals surface area contributed by atoms with Gasteiger partial charge in [-0.1, -0.05) is 23.8 Å². The summed E-state index contributed by atoms with van der Waals surface area (Å²) in [4.78, 5) is 36.3. The molecule has 0 saturated heterocycles. The lowest BCUT2D eigenvalue weighted by atomic mass is 10.1. The van der Waals surface area contributed by atoms with Gasteiger partial charge in [-0.25, -0.2) is 0 Å². The van der Waals surface area contributed by atoms with Crippen molar-refractivity contribution in [3.8, 4) is 0 Å². The Morgan fingerprint density at radius 3 is 1.90 bits per heavy atom. The van der Waals surface area contributed by atoms with Crippen molar-refractivity contribution in [2.45, 2.75) is 34.6 Å². The van der Waals surface area contributed by atoms with Gasteiger partial charge < -0.3 is 15.5 Å². The fourth-order valence-electron chi connectivity index (χ4n) is 3.47. The summed E-state index contributed by atoms with van der Waals surface area (Å²) in [5.41, 5.74) is 5.44. The molecule has 0 aliphatic heterocycles. The van der Waals surface area contributed by atoms with Crippen molar-refractivity contribution in [1.29, 1.82) is 0 Å². The highest BCUT2D eigenvalue weighted by molar-refractivity contribution is 5.96. The molecule has 8 heteroatoms. The van der Waals surface area contributed by atoms with Crippen molar-refractivity contribution in [2.24, 2.45) is 0 Å². The standard InChI is InChI=1S/C22H28N4O4/c1-13-9-15(3)21(16(4)10-13)23-19(27)11-25(6)12-20(28)24-22-17(5)14(2)7-8-18(22)26(29)30/h7-10H,11-12H2,1-6H3,(H,23,27)(H,24,28)/p+1. The molecule has 0 heterocycles. The van der Waals surface area contributed by atoms with Gasteiger partial charge in [-0.3, -0.25) is 19.7 Å². The highest BCUT2D eigenvalue weighted by Crippen LogP contribution is 2.30. The molecule has 30 heavy (non-hydrogen) atoms. The number of nitrogens with zero attached hydrogens (tertiary/aromatic N) is 1. The Hall–Kier alpha value is -3.26. The zero-order valence-corrected chi connectivity index (χ0v) is 18.3. The summed E-state index contributed by atoms with van der Waals surface area (Å²) in [5.74, 6) is -0.590. The van der Waals surface area contributed by atoms with E-state index in [-0.39, 0.29) is 36.3 Å². The molecule has 2 rings (SSSR count). The van der Waals surface area contributed by atoms with Gasteiger partial charge in [0.15, 0.2) is 13.1 Å². The number of aryl methyl sites for hydroxylation is 4. The van der Waals surface area contributed by atoms with Gasteiger partial charge in [-0.15, -0.1) is 0 Å². The second kappa shape index (κ2) is 9.49. The summed E-state index contributed by atoms with van der Waals surface area (Å²) in [5, 5.41) is 16.8. The summed E-state index contributed by atoms with van der Waals surface area (Å²) in [6.07, 6.45) is 0. The van der Waals surface area contributed by atoms with Crippen LogP contribution >= 0.6 is 0 Å². The van der Waals surface area contributed by atoms with E-state index in [0.29, 0.717) is 10.5 Å². The van der Waals surface area contributed by atoms with Gasteiger partial charge in [0.1, 0.15) is 5.69 Å². The summed E-state index contributed by atoms with van der Waals surface area (Å²) in [6, 6.07) is 7.04. The number of likely N-dealkylation sites (N-methyl/N-ethyl adjacent to an activating group) is 1. The van der Waals surface area contributed by atoms with Crippen LogP contribution in [-0.4, -0.2) is 36.9 Å². The Morgan fingerprint density at radius 2 is 1.40 bits per heavy atom. The lowest BCUT2D eigenvalue weighted by Gasteiger charge is -2.17. The van der Waals surface area contributed by atoms with Crippen molar-refractivity contribution in [2.75, 3.05) is 30.8 Å². The number of carbonyl (C=O) groups is 2. The minimum absolute atomic E-state index is 0.00379. The largest absolute Gasteiger partial charge is 0.322 e. The third-order valence-corrected chi connectivity index (χ3v) is 5.04. The smallest absolute Gasteiger partial charge is 0.293 e. The number of carbonyl (C=O) groups excluding carboxylic acids is 2. The number of benzene rings is 2. The van der Waals surface area contributed by atoms with E-state index >= 15 is 0 Å². The number of amides is 2. The van der Waals surface area contributed by atoms with Gasteiger partial charge in [-0.2, -0.15) is 0 Å². The zero-order chi connectivity index (χ0) is 22.6. The van der Waals surface area contributed by atoms with Crippen LogP contribution in [0, 0.1) is 44.7 Å². The van der Waals surface area contributed by atoms with E-state index in [4.69, 9.17) is 0 Å². The monoisotopic (exact) mass is 413 g/mol. The van der Waals surface area contributed by atoms with Crippen molar-refractivity contribution in [1.82, 2.24) is 0 Å². The van der Waals surface area contributed by atoms with Crippen molar-refractivity contribution in [3.63, 3.8) is 0 Å². The fourth-order valence-corrected chi connectivity index (χ4v) is 3.47. The predicted octanol–water partition coefficient (Wildman–Crippen LogP) is 2.23. The minimum Gasteiger partial charge on any atom is -0.322 e. The van der Waals surface area contributed by atoms with Crippen LogP contribution < -0.4 is 15.5 Å². The highest BCUT2D eigenvalue weighted by atomic mass is 16.6. The SMILES string of the molecule is Cc1cc(C)c(NC(=O)C[NH+](C)CC(=O)Nc2c([N+](=O)[O-])ccc(C)c2C)c(C)c1. The number of hydrogen-bond donors (Lipinski definition) is 3. The predicted molar refractivity (Wildman–Crippen MR) is 117 cm³/mol. The van der Waals surface area contributed by atoms with E-state index in [1.165, 1.54) is 6.07 Å². The zero-order valence-electron chi connectivity index (χ0n) is 18.3. The number of hydrogen-bond acceptors (Lipinski definition) is 4. The van der Waals surface area contributed by atoms with Crippen molar-refractivity contribution < 1.29 is 19.4 Å². The Kier molecular flexibility index (Phi) is 7.28. The average Bonchev–Trinajstić information content (AvgIpc) is 2.61. The Labute approximate surface area is 176 Å². The van der Waals surface area contributed by atoms with Crippen LogP contribution in [-0.2, 0) is 9.59 Å². The molecule has 1 unspecified atom stereocenters. The van der Waals surface area contributed by atoms with Crippen LogP contribution in [0.15, 0.2) is 24.3 Å². The molecule has 1 atom stereocenters. The second-order valence-electron chi connectivity index (χ2n) is 7.84. The number of nitrogens with one attached hydrogen (secondary N) is 3. The molecule has 8 nitrogen and oxygen atoms in total. The fraction of sp³-hybridized carbons (Fsp3) is 0.364. The van der Waals surface area contributed by atoms with Crippen LogP contribution in [0.1, 0.15) is 27.8 Å². The molecule has 0 radical (unpaired) electrons. The molecular formula is C22H29N4O4+. The first kappa shape index (κ1) is 23.0. The van der Waals surface area contributed by atoms with Gasteiger partial charge >= 0.3 is 0 Å². The van der Waals surface area contributed by atoms with E-state index in [1.807, 2.05) is 39.8 Å². The molecule has 0 aliphatic carbocycles. The van der Waals surface area contributed by atoms with E-state index < -0.39 is 4.92 Å². The maximum Gasteiger partial charge on any atom is 0.293 e. The van der Waals surface area contributed by atoms with E-state index in [9.17, 15) is 19.7 Å². The first-order chi connectivity index (χ1) is 14.0. The maximum atomic E-state index is 12.5. The van der Waals surface area contributed by atoms with Gasteiger partial charge in [0.2, 0.25) is 0 Å². The van der Waals surface area contributed by atoms with E-state index in [2.05, 4.69) is 10.6 Å². The van der Waals surface area contributed by atoms with Gasteiger partial charge in [0.25, 0.3) is 17.5 Å². The summed E-state index contributed by atoms with van der Waals surface area (Å²) < 4.78 is 0. The van der Waals surface area contributed by atoms with E-state index in [1.54, 1.807) is 20.0 Å². The van der Waals surface area contributed by atoms with E-state index in [0.717, 1.165) is 27.9 Å². The third-order valence-electron chi connectivity index (χ3n) is 5.04. The summed E-state index contributed by atoms with van der Waals surface area (Å²) in [6.45, 7) is 9.54. The second-order valence-corrected chi connectivity index (χ2v) is 7.84. The van der Waals surface area contributed by atoms with Crippen LogP contribution in [0.2, 0.25) is 0 Å². The number of nitro benzene ring substituents is 1. The lowest BCUT2D eigenvalue weighted by molar-refractivity contribution is -0.862. The molecular weight excluding hydrogens is 384 g/mol. The molecule has 0 spiro atoms. The lowest BCUT2D eigenvalue weighted by Crippen LogP contribution is -3.11. The number of quaternary nitrogens is 1. The maximum absolute atomic E-state index is 12.5. The first-order valence-corrected chi connectivity index (χ1v) is 9.73. The summed E-state index contributed by atoms with van der Waals surface area (Å²) in [7, 11) is 1.73. The van der Waals surface area contributed by atoms with Gasteiger partial charge in [0.05, 0.1) is 12.0 Å².